The van der Waals surface area contributed by atoms with Gasteiger partial charge in [0.25, 0.3) is 0 Å². The van der Waals surface area contributed by atoms with Crippen molar-refractivity contribution in [3.63, 3.8) is 0 Å². The van der Waals surface area contributed by atoms with E-state index in [1.165, 1.54) is 12.8 Å². The van der Waals surface area contributed by atoms with E-state index < -0.39 is 5.97 Å². The molecule has 0 amide bonds. The van der Waals surface area contributed by atoms with Crippen molar-refractivity contribution in [2.75, 3.05) is 13.1 Å². The van der Waals surface area contributed by atoms with Gasteiger partial charge in [0.1, 0.15) is 5.75 Å². The summed E-state index contributed by atoms with van der Waals surface area (Å²) < 4.78 is 6.10. The van der Waals surface area contributed by atoms with Crippen LogP contribution in [0.1, 0.15) is 31.2 Å². The van der Waals surface area contributed by atoms with Gasteiger partial charge < -0.3 is 9.84 Å². The highest BCUT2D eigenvalue weighted by Gasteiger charge is 2.32. The predicted octanol–water partition coefficient (Wildman–Crippen LogP) is 3.18. The number of carboxylic acid groups (broad SMARTS) is 1. The third-order valence-corrected chi connectivity index (χ3v) is 4.55. The first-order valence-corrected chi connectivity index (χ1v) is 7.90. The van der Waals surface area contributed by atoms with Crippen molar-refractivity contribution in [2.45, 2.75) is 38.3 Å². The molecule has 0 bridgehead atoms. The van der Waals surface area contributed by atoms with Crippen LogP contribution in [-0.2, 0) is 11.3 Å². The van der Waals surface area contributed by atoms with Crippen LogP contribution in [-0.4, -0.2) is 35.2 Å². The SMILES string of the molecule is O=C(O)C1CN(Cc2cc(Cl)ccc2OC2CCCC2)C1. The topological polar surface area (TPSA) is 49.8 Å². The maximum atomic E-state index is 10.9. The summed E-state index contributed by atoms with van der Waals surface area (Å²) in [6.07, 6.45) is 5.02. The Bertz CT molecular complexity index is 522. The Kier molecular flexibility index (Phi) is 4.36. The summed E-state index contributed by atoms with van der Waals surface area (Å²) in [7, 11) is 0. The Morgan fingerprint density at radius 2 is 2.05 bits per heavy atom. The molecule has 1 N–H and O–H groups in total. The number of rotatable bonds is 5. The van der Waals surface area contributed by atoms with Crippen molar-refractivity contribution in [1.82, 2.24) is 4.90 Å². The molecule has 2 aliphatic rings. The molecule has 1 heterocycles. The molecular weight excluding hydrogens is 290 g/mol. The van der Waals surface area contributed by atoms with Crippen LogP contribution in [0.2, 0.25) is 5.02 Å². The van der Waals surface area contributed by atoms with E-state index in [2.05, 4.69) is 4.90 Å². The van der Waals surface area contributed by atoms with Crippen LogP contribution in [0.25, 0.3) is 0 Å². The summed E-state index contributed by atoms with van der Waals surface area (Å²) in [5, 5.41) is 9.63. The second kappa shape index (κ2) is 6.24. The Morgan fingerprint density at radius 3 is 2.71 bits per heavy atom. The predicted molar refractivity (Wildman–Crippen MR) is 80.7 cm³/mol. The molecule has 1 saturated heterocycles. The minimum atomic E-state index is -0.709. The average molecular weight is 310 g/mol. The van der Waals surface area contributed by atoms with E-state index in [-0.39, 0.29) is 5.92 Å². The summed E-state index contributed by atoms with van der Waals surface area (Å²) >= 11 is 6.09. The largest absolute Gasteiger partial charge is 0.490 e. The van der Waals surface area contributed by atoms with Gasteiger partial charge in [-0.2, -0.15) is 0 Å². The van der Waals surface area contributed by atoms with E-state index in [1.54, 1.807) is 0 Å². The third kappa shape index (κ3) is 3.50. The van der Waals surface area contributed by atoms with Gasteiger partial charge in [0.2, 0.25) is 0 Å². The van der Waals surface area contributed by atoms with Gasteiger partial charge >= 0.3 is 5.97 Å². The minimum Gasteiger partial charge on any atom is -0.490 e. The van der Waals surface area contributed by atoms with Crippen LogP contribution in [0, 0.1) is 5.92 Å². The lowest BCUT2D eigenvalue weighted by Crippen LogP contribution is -2.49. The Labute approximate surface area is 129 Å². The number of ether oxygens (including phenoxy) is 1. The maximum absolute atomic E-state index is 10.9. The average Bonchev–Trinajstić information content (AvgIpc) is 2.88. The van der Waals surface area contributed by atoms with Gasteiger partial charge in [-0.3, -0.25) is 9.69 Å². The summed E-state index contributed by atoms with van der Waals surface area (Å²) in [6, 6.07) is 5.72. The highest BCUT2D eigenvalue weighted by molar-refractivity contribution is 6.30. The molecule has 0 atom stereocenters. The van der Waals surface area contributed by atoms with E-state index in [9.17, 15) is 4.79 Å². The highest BCUT2D eigenvalue weighted by Crippen LogP contribution is 2.31. The first kappa shape index (κ1) is 14.7. The molecular formula is C16H20ClNO3. The van der Waals surface area contributed by atoms with Crippen LogP contribution >= 0.6 is 11.6 Å². The molecule has 1 aliphatic heterocycles. The van der Waals surface area contributed by atoms with Crippen molar-refractivity contribution >= 4 is 17.6 Å². The Hall–Kier alpha value is -1.26. The zero-order chi connectivity index (χ0) is 14.8. The molecule has 0 aromatic heterocycles. The summed E-state index contributed by atoms with van der Waals surface area (Å²) in [5.41, 5.74) is 1.05. The second-order valence-electron chi connectivity index (χ2n) is 6.01. The molecule has 1 aliphatic carbocycles. The smallest absolute Gasteiger partial charge is 0.309 e. The molecule has 114 valence electrons. The van der Waals surface area contributed by atoms with E-state index in [4.69, 9.17) is 21.4 Å². The number of likely N-dealkylation sites (tertiary alicyclic amines) is 1. The molecule has 4 nitrogen and oxygen atoms in total. The summed E-state index contributed by atoms with van der Waals surface area (Å²) in [4.78, 5) is 13.0. The fraction of sp³-hybridized carbons (Fsp3) is 0.562. The highest BCUT2D eigenvalue weighted by atomic mass is 35.5. The van der Waals surface area contributed by atoms with Crippen molar-refractivity contribution < 1.29 is 14.6 Å². The number of benzene rings is 1. The monoisotopic (exact) mass is 309 g/mol. The summed E-state index contributed by atoms with van der Waals surface area (Å²) in [5.74, 6) is -0.0479. The van der Waals surface area contributed by atoms with Crippen LogP contribution in [0.5, 0.6) is 5.75 Å². The zero-order valence-electron chi connectivity index (χ0n) is 11.9. The van der Waals surface area contributed by atoms with E-state index in [1.807, 2.05) is 18.2 Å². The lowest BCUT2D eigenvalue weighted by atomic mass is 9.99. The molecule has 0 unspecified atom stereocenters. The van der Waals surface area contributed by atoms with Gasteiger partial charge in [-0.15, -0.1) is 0 Å². The number of halogens is 1. The lowest BCUT2D eigenvalue weighted by molar-refractivity contribution is -0.147. The van der Waals surface area contributed by atoms with E-state index in [0.29, 0.717) is 30.8 Å². The van der Waals surface area contributed by atoms with Gasteiger partial charge in [-0.25, -0.2) is 0 Å². The second-order valence-corrected chi connectivity index (χ2v) is 6.44. The van der Waals surface area contributed by atoms with E-state index in [0.717, 1.165) is 24.2 Å². The van der Waals surface area contributed by atoms with Crippen molar-refractivity contribution in [2.24, 2.45) is 5.92 Å². The van der Waals surface area contributed by atoms with Crippen LogP contribution in [0.3, 0.4) is 0 Å². The first-order valence-electron chi connectivity index (χ1n) is 7.52. The summed E-state index contributed by atoms with van der Waals surface area (Å²) in [6.45, 7) is 1.90. The van der Waals surface area contributed by atoms with Gasteiger partial charge in [0.05, 0.1) is 12.0 Å². The Morgan fingerprint density at radius 1 is 1.33 bits per heavy atom. The maximum Gasteiger partial charge on any atom is 0.309 e. The Balaban J connectivity index is 1.65. The standard InChI is InChI=1S/C16H20ClNO3/c17-13-5-6-15(21-14-3-1-2-4-14)11(7-13)8-18-9-12(10-18)16(19)20/h5-7,12,14H,1-4,8-10H2,(H,19,20). The molecule has 2 fully saturated rings. The van der Waals surface area contributed by atoms with Crippen LogP contribution < -0.4 is 4.74 Å². The molecule has 3 rings (SSSR count). The van der Waals surface area contributed by atoms with Crippen molar-refractivity contribution in [1.29, 1.82) is 0 Å². The van der Waals surface area contributed by atoms with E-state index >= 15 is 0 Å². The molecule has 0 spiro atoms. The van der Waals surface area contributed by atoms with Crippen molar-refractivity contribution in [3.8, 4) is 5.75 Å². The van der Waals surface area contributed by atoms with Crippen LogP contribution in [0.4, 0.5) is 0 Å². The lowest BCUT2D eigenvalue weighted by Gasteiger charge is -2.37. The fourth-order valence-electron chi connectivity index (χ4n) is 3.07. The van der Waals surface area contributed by atoms with Crippen LogP contribution in [0.15, 0.2) is 18.2 Å². The molecule has 21 heavy (non-hydrogen) atoms. The van der Waals surface area contributed by atoms with Gasteiger partial charge in [0.15, 0.2) is 0 Å². The normalized spacial score (nSPS) is 20.4. The number of carboxylic acids is 1. The molecule has 1 aromatic rings. The van der Waals surface area contributed by atoms with Gasteiger partial charge in [-0.05, 0) is 43.9 Å². The molecule has 1 saturated carbocycles. The molecule has 0 radical (unpaired) electrons. The number of hydrogen-bond donors (Lipinski definition) is 1. The minimum absolute atomic E-state index is 0.233. The molecule has 5 heteroatoms. The van der Waals surface area contributed by atoms with Gasteiger partial charge in [0, 0.05) is 30.2 Å². The number of hydrogen-bond acceptors (Lipinski definition) is 3. The third-order valence-electron chi connectivity index (χ3n) is 4.32. The zero-order valence-corrected chi connectivity index (χ0v) is 12.7. The first-order chi connectivity index (χ1) is 10.1. The number of aliphatic carboxylic acids is 1. The van der Waals surface area contributed by atoms with Crippen molar-refractivity contribution in [3.05, 3.63) is 28.8 Å². The number of nitrogens with zero attached hydrogens (tertiary/aromatic N) is 1. The number of carbonyl (C=O) groups is 1. The quantitative estimate of drug-likeness (QED) is 0.907. The molecule has 1 aromatic carbocycles. The fourth-order valence-corrected chi connectivity index (χ4v) is 3.26. The van der Waals surface area contributed by atoms with Gasteiger partial charge in [-0.1, -0.05) is 11.6 Å².